The lowest BCUT2D eigenvalue weighted by Crippen LogP contribution is -2.52. The van der Waals surface area contributed by atoms with E-state index in [9.17, 15) is 19.2 Å². The van der Waals surface area contributed by atoms with Gasteiger partial charge in [0.2, 0.25) is 11.8 Å². The molecule has 6 aromatic rings. The van der Waals surface area contributed by atoms with Crippen molar-refractivity contribution in [3.63, 3.8) is 0 Å². The molecule has 8 heterocycles. The molecule has 0 spiro atoms. The van der Waals surface area contributed by atoms with Crippen LogP contribution >= 0.6 is 31.9 Å². The Morgan fingerprint density at radius 2 is 1.66 bits per heavy atom. The molecule has 322 valence electrons. The summed E-state index contributed by atoms with van der Waals surface area (Å²) in [6, 6.07) is 15.2. The number of nitrogens with one attached hydrogen (secondary N) is 2. The molecule has 3 aliphatic heterocycles. The smallest absolute Gasteiger partial charge is 0.273 e. The van der Waals surface area contributed by atoms with Gasteiger partial charge in [-0.1, -0.05) is 18.2 Å². The number of carbonyl (C=O) groups is 3. The van der Waals surface area contributed by atoms with E-state index in [2.05, 4.69) is 62.0 Å². The molecule has 0 saturated carbocycles. The first-order valence-corrected chi connectivity index (χ1v) is 21.4. The van der Waals surface area contributed by atoms with Crippen LogP contribution in [0.25, 0.3) is 28.1 Å². The third-order valence-electron chi connectivity index (χ3n) is 10.6. The highest BCUT2D eigenvalue weighted by Gasteiger charge is 2.32. The van der Waals surface area contributed by atoms with Gasteiger partial charge in [-0.25, -0.2) is 15.0 Å². The summed E-state index contributed by atoms with van der Waals surface area (Å²) < 4.78 is 18.3. The molecular weight excluding hydrogens is 926 g/mol. The number of anilines is 3. The number of rotatable bonds is 7. The van der Waals surface area contributed by atoms with Crippen molar-refractivity contribution in [3.05, 3.63) is 121 Å². The highest BCUT2D eigenvalue weighted by Crippen LogP contribution is 2.27. The molecule has 0 radical (unpaired) electrons. The number of nitrogen functional groups attached to an aromatic ring is 1. The fraction of sp³-hybridized carbons (Fsp3) is 0.295. The van der Waals surface area contributed by atoms with Crippen LogP contribution in [0.2, 0.25) is 0 Å². The number of amides is 2. The molecule has 1 atom stereocenters. The number of aromatic amines is 1. The van der Waals surface area contributed by atoms with E-state index in [4.69, 9.17) is 19.6 Å². The van der Waals surface area contributed by atoms with Gasteiger partial charge in [-0.3, -0.25) is 24.1 Å². The van der Waals surface area contributed by atoms with Gasteiger partial charge in [-0.05, 0) is 86.3 Å². The van der Waals surface area contributed by atoms with Crippen LogP contribution in [0.3, 0.4) is 0 Å². The van der Waals surface area contributed by atoms with E-state index in [1.165, 1.54) is 6.08 Å². The Balaban J connectivity index is 0.000000170. The largest absolute Gasteiger partial charge is 0.459 e. The SMILES string of the molecule is Cc1c(CN(C)C(=O)/C=C/c2cnc3[nH]c(=O)c(N4CCOCC4)cc3c2)oc2ccccc12.Nc1ncc(Br)cc1C=O.O=C1Nc2ncc(Br)cc2CC1N1CCOCC1. The monoisotopic (exact) mass is 969 g/mol. The number of carbonyl (C=O) groups excluding carboxylic acids is 3. The topological polar surface area (TPSA) is 202 Å². The number of aromatic nitrogens is 4. The average molecular weight is 972 g/mol. The predicted octanol–water partition coefficient (Wildman–Crippen LogP) is 5.76. The lowest BCUT2D eigenvalue weighted by molar-refractivity contribution is -0.125. The highest BCUT2D eigenvalue weighted by molar-refractivity contribution is 9.10. The molecule has 2 fully saturated rings. The van der Waals surface area contributed by atoms with Crippen molar-refractivity contribution in [2.45, 2.75) is 25.9 Å². The van der Waals surface area contributed by atoms with Gasteiger partial charge in [-0.15, -0.1) is 0 Å². The number of nitrogens with two attached hydrogens (primary N) is 1. The lowest BCUT2D eigenvalue weighted by Gasteiger charge is -2.35. The van der Waals surface area contributed by atoms with Crippen LogP contribution in [-0.4, -0.2) is 114 Å². The number of aryl methyl sites for hydroxylation is 1. The summed E-state index contributed by atoms with van der Waals surface area (Å²) in [4.78, 5) is 68.6. The number of aldehydes is 1. The van der Waals surface area contributed by atoms with Crippen LogP contribution in [-0.2, 0) is 32.0 Å². The standard InChI is InChI=1S/C26H26N4O4.C12H14BrN3O2.C6H5BrN2O/c1-17-20-5-3-4-6-22(20)34-23(17)16-29(2)24(31)8-7-18-13-19-14-21(30-9-11-33-12-10-30)26(32)28-25(19)27-15-18;13-9-5-8-6-10(16-1-3-18-4-2-16)12(17)15-11(8)14-7-9;7-5-1-4(3-10)6(8)9-2-5/h3-8,13-15H,9-12,16H2,1-2H3,(H,27,28,32);5,7,10H,1-4,6H2,(H,14,15,17);1-3H,(H2,8,9)/b8-7+;;. The normalized spacial score (nSPS) is 16.5. The van der Waals surface area contributed by atoms with Gasteiger partial charge in [0.05, 0.1) is 44.6 Å². The van der Waals surface area contributed by atoms with E-state index in [1.54, 1.807) is 42.7 Å². The summed E-state index contributed by atoms with van der Waals surface area (Å²) in [5.41, 5.74) is 10.4. The van der Waals surface area contributed by atoms with E-state index in [0.717, 1.165) is 60.8 Å². The minimum Gasteiger partial charge on any atom is -0.459 e. The maximum absolute atomic E-state index is 12.7. The second-order valence-electron chi connectivity index (χ2n) is 14.7. The summed E-state index contributed by atoms with van der Waals surface area (Å²) >= 11 is 6.57. The number of likely N-dealkylation sites (N-methyl/N-ethyl adjacent to an activating group) is 1. The Morgan fingerprint density at radius 3 is 2.39 bits per heavy atom. The molecule has 1 aromatic carbocycles. The maximum Gasteiger partial charge on any atom is 0.273 e. The first-order chi connectivity index (χ1) is 30.0. The number of para-hydroxylation sites is 1. The molecule has 4 N–H and O–H groups in total. The van der Waals surface area contributed by atoms with Gasteiger partial charge in [0.1, 0.15) is 34.3 Å². The average Bonchev–Trinajstić information content (AvgIpc) is 3.60. The van der Waals surface area contributed by atoms with Gasteiger partial charge < -0.3 is 39.7 Å². The molecule has 62 heavy (non-hydrogen) atoms. The highest BCUT2D eigenvalue weighted by atomic mass is 79.9. The Morgan fingerprint density at radius 1 is 0.952 bits per heavy atom. The minimum atomic E-state index is -0.164. The first-order valence-electron chi connectivity index (χ1n) is 19.9. The van der Waals surface area contributed by atoms with Crippen molar-refractivity contribution in [2.24, 2.45) is 0 Å². The number of pyridine rings is 4. The van der Waals surface area contributed by atoms with Crippen molar-refractivity contribution < 1.29 is 28.3 Å². The Hall–Kier alpha value is -5.79. The van der Waals surface area contributed by atoms with E-state index in [0.29, 0.717) is 81.5 Å². The molecular formula is C44H45Br2N9O7. The van der Waals surface area contributed by atoms with Crippen LogP contribution in [0.4, 0.5) is 17.3 Å². The fourth-order valence-corrected chi connectivity index (χ4v) is 7.91. The number of nitrogens with zero attached hydrogens (tertiary/aromatic N) is 6. The molecule has 16 nitrogen and oxygen atoms in total. The molecule has 3 aliphatic rings. The van der Waals surface area contributed by atoms with E-state index in [-0.39, 0.29) is 29.2 Å². The Kier molecular flexibility index (Phi) is 14.6. The minimum absolute atomic E-state index is 0.0409. The summed E-state index contributed by atoms with van der Waals surface area (Å²) in [6.07, 6.45) is 9.53. The van der Waals surface area contributed by atoms with Crippen LogP contribution in [0.5, 0.6) is 0 Å². The quantitative estimate of drug-likeness (QED) is 0.129. The van der Waals surface area contributed by atoms with Gasteiger partial charge in [0.15, 0.2) is 6.29 Å². The number of morpholine rings is 2. The number of ether oxygens (including phenoxy) is 2. The Labute approximate surface area is 373 Å². The fourth-order valence-electron chi connectivity index (χ4n) is 7.19. The number of hydrogen-bond donors (Lipinski definition) is 3. The van der Waals surface area contributed by atoms with Gasteiger partial charge >= 0.3 is 0 Å². The predicted molar refractivity (Wildman–Crippen MR) is 244 cm³/mol. The number of hydrogen-bond acceptors (Lipinski definition) is 13. The van der Waals surface area contributed by atoms with Crippen LogP contribution in [0.1, 0.15) is 32.8 Å². The summed E-state index contributed by atoms with van der Waals surface area (Å²) in [5.74, 6) is 1.62. The van der Waals surface area contributed by atoms with E-state index < -0.39 is 0 Å². The zero-order valence-corrected chi connectivity index (χ0v) is 37.3. The molecule has 5 aromatic heterocycles. The van der Waals surface area contributed by atoms with Crippen molar-refractivity contribution >= 4 is 95.4 Å². The zero-order chi connectivity index (χ0) is 43.8. The van der Waals surface area contributed by atoms with E-state index >= 15 is 0 Å². The third kappa shape index (κ3) is 10.8. The molecule has 0 bridgehead atoms. The van der Waals surface area contributed by atoms with Crippen LogP contribution < -0.4 is 21.5 Å². The summed E-state index contributed by atoms with van der Waals surface area (Å²) in [5, 5.41) is 4.75. The molecule has 1 unspecified atom stereocenters. The third-order valence-corrected chi connectivity index (χ3v) is 11.5. The first kappa shape index (κ1) is 44.3. The zero-order valence-electron chi connectivity index (χ0n) is 34.1. The number of H-pyrrole nitrogens is 1. The molecule has 18 heteroatoms. The number of furan rings is 1. The van der Waals surface area contributed by atoms with Crippen molar-refractivity contribution in [1.29, 1.82) is 0 Å². The summed E-state index contributed by atoms with van der Waals surface area (Å²) in [6.45, 7) is 7.96. The number of benzene rings is 1. The number of fused-ring (bicyclic) bond motifs is 3. The van der Waals surface area contributed by atoms with Crippen molar-refractivity contribution in [2.75, 3.05) is 75.6 Å². The summed E-state index contributed by atoms with van der Waals surface area (Å²) in [7, 11) is 1.75. The molecule has 9 rings (SSSR count). The van der Waals surface area contributed by atoms with Gasteiger partial charge in [0, 0.05) is 89.6 Å². The van der Waals surface area contributed by atoms with Gasteiger partial charge in [-0.2, -0.15) is 0 Å². The lowest BCUT2D eigenvalue weighted by atomic mass is 10.0. The van der Waals surface area contributed by atoms with Crippen molar-refractivity contribution in [3.8, 4) is 0 Å². The molecule has 0 aliphatic carbocycles. The molecule has 2 saturated heterocycles. The second-order valence-corrected chi connectivity index (χ2v) is 16.6. The Bertz CT molecular complexity index is 2680. The number of halogens is 2. The van der Waals surface area contributed by atoms with Crippen molar-refractivity contribution in [1.82, 2.24) is 29.7 Å². The van der Waals surface area contributed by atoms with E-state index in [1.807, 2.05) is 54.3 Å². The van der Waals surface area contributed by atoms with Gasteiger partial charge in [0.25, 0.3) is 5.56 Å². The maximum atomic E-state index is 12.7. The second kappa shape index (κ2) is 20.4. The van der Waals surface area contributed by atoms with Crippen LogP contribution in [0, 0.1) is 6.92 Å². The van der Waals surface area contributed by atoms with Crippen LogP contribution in [0.15, 0.2) is 91.4 Å². The molecule has 2 amide bonds.